The molecule has 0 heteroatoms. The molecule has 0 nitrogen and oxygen atoms in total. The molecule has 0 aliphatic heterocycles. The summed E-state index contributed by atoms with van der Waals surface area (Å²) in [7, 11) is 0. The molecule has 0 amide bonds. The zero-order chi connectivity index (χ0) is 23.1. The monoisotopic (exact) mass is 440 g/mol. The average Bonchev–Trinajstić information content (AvgIpc) is 3.30. The first kappa shape index (κ1) is 24.9. The third-order valence-corrected chi connectivity index (χ3v) is 11.3. The van der Waals surface area contributed by atoms with Gasteiger partial charge in [-0.25, -0.2) is 0 Å². The largest absolute Gasteiger partial charge is 0.103 e. The van der Waals surface area contributed by atoms with Gasteiger partial charge in [-0.15, -0.1) is 6.58 Å². The Morgan fingerprint density at radius 1 is 0.594 bits per heavy atom. The summed E-state index contributed by atoms with van der Waals surface area (Å²) in [5.41, 5.74) is 1.00. The molecule has 4 rings (SSSR count). The SMILES string of the molecule is C=CCCC1CCC(CCC2C3CC(C(C)(C)C)CCC3C3CCC(C(C)(C)C)CC32)C1. The fourth-order valence-corrected chi connectivity index (χ4v) is 9.31. The van der Waals surface area contributed by atoms with Gasteiger partial charge in [-0.2, -0.15) is 0 Å². The third kappa shape index (κ3) is 5.35. The van der Waals surface area contributed by atoms with Gasteiger partial charge >= 0.3 is 0 Å². The van der Waals surface area contributed by atoms with Crippen LogP contribution in [-0.4, -0.2) is 0 Å². The standard InChI is InChI=1S/C32H56/c1-8-9-10-22-11-12-23(19-22)13-16-28-29-20-24(31(2,3)4)14-17-26(29)27-18-15-25(21-30(27)28)32(5,6)7/h8,22-30H,1,9-21H2,2-7H3. The molecular weight excluding hydrogens is 384 g/mol. The maximum absolute atomic E-state index is 3.95. The van der Waals surface area contributed by atoms with Crippen molar-refractivity contribution >= 4 is 0 Å². The molecule has 0 bridgehead atoms. The number of rotatable bonds is 6. The van der Waals surface area contributed by atoms with E-state index in [1.807, 2.05) is 0 Å². The van der Waals surface area contributed by atoms with Gasteiger partial charge in [-0.3, -0.25) is 0 Å². The van der Waals surface area contributed by atoms with E-state index in [1.165, 1.54) is 44.9 Å². The molecule has 8 unspecified atom stereocenters. The molecule has 0 aromatic rings. The second kappa shape index (κ2) is 9.77. The highest BCUT2D eigenvalue weighted by Gasteiger charge is 2.54. The molecule has 8 atom stereocenters. The van der Waals surface area contributed by atoms with Crippen LogP contribution in [0.4, 0.5) is 0 Å². The van der Waals surface area contributed by atoms with E-state index in [1.54, 1.807) is 38.5 Å². The molecule has 0 aromatic carbocycles. The third-order valence-electron chi connectivity index (χ3n) is 11.3. The maximum atomic E-state index is 3.95. The van der Waals surface area contributed by atoms with Crippen molar-refractivity contribution in [2.45, 2.75) is 125 Å². The summed E-state index contributed by atoms with van der Waals surface area (Å²) in [5, 5.41) is 0. The molecule has 0 radical (unpaired) electrons. The van der Waals surface area contributed by atoms with Crippen LogP contribution in [0.1, 0.15) is 125 Å². The predicted molar refractivity (Wildman–Crippen MR) is 141 cm³/mol. The Kier molecular flexibility index (Phi) is 7.59. The van der Waals surface area contributed by atoms with Gasteiger partial charge in [-0.1, -0.05) is 66.9 Å². The molecule has 0 N–H and O–H groups in total. The topological polar surface area (TPSA) is 0 Å². The van der Waals surface area contributed by atoms with Gasteiger partial charge in [0.15, 0.2) is 0 Å². The maximum Gasteiger partial charge on any atom is -0.0349 e. The number of allylic oxidation sites excluding steroid dienone is 1. The van der Waals surface area contributed by atoms with Crippen LogP contribution in [0.25, 0.3) is 0 Å². The van der Waals surface area contributed by atoms with Crippen molar-refractivity contribution in [1.82, 2.24) is 0 Å². The average molecular weight is 441 g/mol. The highest BCUT2D eigenvalue weighted by atomic mass is 14.6. The second-order valence-electron chi connectivity index (χ2n) is 15.1. The molecular formula is C32H56. The number of hydrogen-bond acceptors (Lipinski definition) is 0. The van der Waals surface area contributed by atoms with E-state index in [2.05, 4.69) is 54.2 Å². The summed E-state index contributed by atoms with van der Waals surface area (Å²) in [5.74, 6) is 9.26. The predicted octanol–water partition coefficient (Wildman–Crippen LogP) is 9.94. The molecule has 4 aliphatic carbocycles. The summed E-state index contributed by atoms with van der Waals surface area (Å²) in [6.45, 7) is 19.1. The number of hydrogen-bond donors (Lipinski definition) is 0. The number of fused-ring (bicyclic) bond motifs is 3. The fraction of sp³-hybridized carbons (Fsp3) is 0.938. The van der Waals surface area contributed by atoms with Gasteiger partial charge in [-0.05, 0) is 128 Å². The van der Waals surface area contributed by atoms with Crippen molar-refractivity contribution in [1.29, 1.82) is 0 Å². The lowest BCUT2D eigenvalue weighted by Gasteiger charge is -2.43. The van der Waals surface area contributed by atoms with Crippen LogP contribution in [0.2, 0.25) is 0 Å². The smallest absolute Gasteiger partial charge is 0.0349 e. The Labute approximate surface area is 201 Å². The van der Waals surface area contributed by atoms with Gasteiger partial charge in [0.2, 0.25) is 0 Å². The van der Waals surface area contributed by atoms with Gasteiger partial charge in [0.05, 0.1) is 0 Å². The fourth-order valence-electron chi connectivity index (χ4n) is 9.31. The van der Waals surface area contributed by atoms with Crippen molar-refractivity contribution in [2.75, 3.05) is 0 Å². The molecule has 0 aromatic heterocycles. The van der Waals surface area contributed by atoms with E-state index in [-0.39, 0.29) is 0 Å². The summed E-state index contributed by atoms with van der Waals surface area (Å²) in [6.07, 6.45) is 21.7. The summed E-state index contributed by atoms with van der Waals surface area (Å²) < 4.78 is 0. The van der Waals surface area contributed by atoms with E-state index in [4.69, 9.17) is 0 Å². The minimum atomic E-state index is 0.501. The van der Waals surface area contributed by atoms with Crippen LogP contribution in [-0.2, 0) is 0 Å². The first-order valence-corrected chi connectivity index (χ1v) is 14.7. The second-order valence-corrected chi connectivity index (χ2v) is 15.1. The van der Waals surface area contributed by atoms with Crippen LogP contribution in [0, 0.1) is 64.1 Å². The lowest BCUT2D eigenvalue weighted by atomic mass is 9.62. The van der Waals surface area contributed by atoms with E-state index >= 15 is 0 Å². The zero-order valence-electron chi connectivity index (χ0n) is 22.7. The Morgan fingerprint density at radius 2 is 1.09 bits per heavy atom. The zero-order valence-corrected chi connectivity index (χ0v) is 22.7. The Bertz CT molecular complexity index is 577. The quantitative estimate of drug-likeness (QED) is 0.360. The highest BCUT2D eigenvalue weighted by molar-refractivity contribution is 5.04. The first-order valence-electron chi connectivity index (χ1n) is 14.7. The molecule has 0 heterocycles. The molecule has 32 heavy (non-hydrogen) atoms. The summed E-state index contributed by atoms with van der Waals surface area (Å²) in [6, 6.07) is 0. The van der Waals surface area contributed by atoms with Crippen LogP contribution < -0.4 is 0 Å². The van der Waals surface area contributed by atoms with Crippen molar-refractivity contribution in [3.8, 4) is 0 Å². The van der Waals surface area contributed by atoms with Crippen molar-refractivity contribution in [3.63, 3.8) is 0 Å². The van der Waals surface area contributed by atoms with Crippen LogP contribution in [0.15, 0.2) is 12.7 Å². The molecule has 0 saturated heterocycles. The molecule has 184 valence electrons. The van der Waals surface area contributed by atoms with Crippen LogP contribution in [0.5, 0.6) is 0 Å². The molecule has 4 aliphatic rings. The van der Waals surface area contributed by atoms with Crippen LogP contribution in [0.3, 0.4) is 0 Å². The van der Waals surface area contributed by atoms with Gasteiger partial charge in [0.25, 0.3) is 0 Å². The Hall–Kier alpha value is -0.260. The summed E-state index contributed by atoms with van der Waals surface area (Å²) >= 11 is 0. The van der Waals surface area contributed by atoms with E-state index in [0.717, 1.165) is 53.3 Å². The van der Waals surface area contributed by atoms with E-state index in [0.29, 0.717) is 10.8 Å². The van der Waals surface area contributed by atoms with Gasteiger partial charge in [0, 0.05) is 0 Å². The molecule has 4 saturated carbocycles. The minimum absolute atomic E-state index is 0.501. The normalized spacial score (nSPS) is 42.5. The molecule has 0 spiro atoms. The van der Waals surface area contributed by atoms with Gasteiger partial charge in [0.1, 0.15) is 0 Å². The van der Waals surface area contributed by atoms with Gasteiger partial charge < -0.3 is 0 Å². The Balaban J connectivity index is 1.45. The van der Waals surface area contributed by atoms with Crippen LogP contribution >= 0.6 is 0 Å². The lowest BCUT2D eigenvalue weighted by Crippen LogP contribution is -2.33. The summed E-state index contributed by atoms with van der Waals surface area (Å²) in [4.78, 5) is 0. The lowest BCUT2D eigenvalue weighted by molar-refractivity contribution is 0.0722. The van der Waals surface area contributed by atoms with E-state index in [9.17, 15) is 0 Å². The van der Waals surface area contributed by atoms with Crippen molar-refractivity contribution in [2.24, 2.45) is 64.1 Å². The van der Waals surface area contributed by atoms with Crippen molar-refractivity contribution < 1.29 is 0 Å². The van der Waals surface area contributed by atoms with Crippen molar-refractivity contribution in [3.05, 3.63) is 12.7 Å². The highest BCUT2D eigenvalue weighted by Crippen LogP contribution is 2.63. The first-order chi connectivity index (χ1) is 15.1. The Morgan fingerprint density at radius 3 is 1.56 bits per heavy atom. The van der Waals surface area contributed by atoms with E-state index < -0.39 is 0 Å². The molecule has 4 fully saturated rings. The minimum Gasteiger partial charge on any atom is -0.103 e.